The van der Waals surface area contributed by atoms with Gasteiger partial charge in [0.15, 0.2) is 0 Å². The SMILES string of the molecule is CCCNC(CC1CC1)c1cc2c(cc1Cl)NC(=O)C2. The molecule has 0 bridgehead atoms. The molecule has 2 N–H and O–H groups in total. The van der Waals surface area contributed by atoms with E-state index in [1.165, 1.54) is 12.8 Å². The van der Waals surface area contributed by atoms with Crippen molar-refractivity contribution in [1.82, 2.24) is 5.32 Å². The van der Waals surface area contributed by atoms with E-state index < -0.39 is 0 Å². The third-order valence-corrected chi connectivity index (χ3v) is 4.46. The van der Waals surface area contributed by atoms with E-state index in [-0.39, 0.29) is 5.91 Å². The van der Waals surface area contributed by atoms with Crippen LogP contribution >= 0.6 is 11.6 Å². The summed E-state index contributed by atoms with van der Waals surface area (Å²) in [4.78, 5) is 11.5. The molecule has 3 nitrogen and oxygen atoms in total. The van der Waals surface area contributed by atoms with Gasteiger partial charge in [0.2, 0.25) is 5.91 Å². The van der Waals surface area contributed by atoms with Crippen molar-refractivity contribution in [3.8, 4) is 0 Å². The zero-order valence-corrected chi connectivity index (χ0v) is 12.6. The van der Waals surface area contributed by atoms with Gasteiger partial charge in [-0.05, 0) is 42.5 Å². The highest BCUT2D eigenvalue weighted by molar-refractivity contribution is 6.32. The van der Waals surface area contributed by atoms with Crippen molar-refractivity contribution in [1.29, 1.82) is 0 Å². The van der Waals surface area contributed by atoms with Crippen molar-refractivity contribution in [3.63, 3.8) is 0 Å². The quantitative estimate of drug-likeness (QED) is 0.840. The van der Waals surface area contributed by atoms with Gasteiger partial charge >= 0.3 is 0 Å². The number of carbonyl (C=O) groups excluding carboxylic acids is 1. The number of benzene rings is 1. The van der Waals surface area contributed by atoms with Crippen LogP contribution in [0.1, 0.15) is 49.8 Å². The molecule has 0 saturated heterocycles. The van der Waals surface area contributed by atoms with E-state index in [1.54, 1.807) is 0 Å². The first kappa shape index (κ1) is 13.9. The van der Waals surface area contributed by atoms with Gasteiger partial charge in [-0.2, -0.15) is 0 Å². The molecule has 1 amide bonds. The lowest BCUT2D eigenvalue weighted by molar-refractivity contribution is -0.115. The Bertz CT molecular complexity index is 525. The number of anilines is 1. The van der Waals surface area contributed by atoms with Crippen LogP contribution < -0.4 is 10.6 Å². The summed E-state index contributed by atoms with van der Waals surface area (Å²) >= 11 is 6.44. The van der Waals surface area contributed by atoms with Crippen LogP contribution in [-0.2, 0) is 11.2 Å². The molecule has 108 valence electrons. The Morgan fingerprint density at radius 3 is 2.95 bits per heavy atom. The number of amides is 1. The number of hydrogen-bond donors (Lipinski definition) is 2. The third kappa shape index (κ3) is 2.99. The standard InChI is InChI=1S/C16H21ClN2O/c1-2-5-18-15(6-10-3-4-10)12-7-11-8-16(20)19-14(11)9-13(12)17/h7,9-10,15,18H,2-6,8H2,1H3,(H,19,20). The largest absolute Gasteiger partial charge is 0.325 e. The van der Waals surface area contributed by atoms with Crippen molar-refractivity contribution in [2.75, 3.05) is 11.9 Å². The average molecular weight is 293 g/mol. The predicted octanol–water partition coefficient (Wildman–Crippen LogP) is 3.68. The Kier molecular flexibility index (Phi) is 3.99. The first-order chi connectivity index (χ1) is 9.67. The topological polar surface area (TPSA) is 41.1 Å². The molecule has 1 aromatic carbocycles. The minimum Gasteiger partial charge on any atom is -0.325 e. The molecular formula is C16H21ClN2O. The number of halogens is 1. The van der Waals surface area contributed by atoms with Gasteiger partial charge in [0.05, 0.1) is 6.42 Å². The average Bonchev–Trinajstić information content (AvgIpc) is 3.15. The minimum absolute atomic E-state index is 0.0634. The third-order valence-electron chi connectivity index (χ3n) is 4.13. The Morgan fingerprint density at radius 2 is 2.25 bits per heavy atom. The Hall–Kier alpha value is -1.06. The van der Waals surface area contributed by atoms with Crippen LogP contribution in [0.25, 0.3) is 0 Å². The highest BCUT2D eigenvalue weighted by Gasteiger charge is 2.28. The molecule has 0 aromatic heterocycles. The van der Waals surface area contributed by atoms with E-state index in [0.717, 1.165) is 47.1 Å². The van der Waals surface area contributed by atoms with E-state index in [1.807, 2.05) is 6.07 Å². The number of hydrogen-bond acceptors (Lipinski definition) is 2. The molecule has 0 radical (unpaired) electrons. The highest BCUT2D eigenvalue weighted by atomic mass is 35.5. The fraction of sp³-hybridized carbons (Fsp3) is 0.562. The van der Waals surface area contributed by atoms with Gasteiger partial charge in [-0.25, -0.2) is 0 Å². The molecule has 1 heterocycles. The maximum atomic E-state index is 11.5. The van der Waals surface area contributed by atoms with E-state index in [0.29, 0.717) is 12.5 Å². The van der Waals surface area contributed by atoms with Crippen molar-refractivity contribution >= 4 is 23.2 Å². The molecule has 20 heavy (non-hydrogen) atoms. The molecule has 4 heteroatoms. The first-order valence-electron chi connectivity index (χ1n) is 7.53. The zero-order valence-electron chi connectivity index (χ0n) is 11.8. The second kappa shape index (κ2) is 5.74. The lowest BCUT2D eigenvalue weighted by Crippen LogP contribution is -2.23. The van der Waals surface area contributed by atoms with Crippen molar-refractivity contribution in [2.24, 2.45) is 5.92 Å². The Balaban J connectivity index is 1.85. The molecular weight excluding hydrogens is 272 g/mol. The summed E-state index contributed by atoms with van der Waals surface area (Å²) in [7, 11) is 0. The van der Waals surface area contributed by atoms with Gasteiger partial charge in [-0.15, -0.1) is 0 Å². The summed E-state index contributed by atoms with van der Waals surface area (Å²) < 4.78 is 0. The van der Waals surface area contributed by atoms with Gasteiger partial charge in [0.25, 0.3) is 0 Å². The number of carbonyl (C=O) groups is 1. The van der Waals surface area contributed by atoms with Gasteiger partial charge in [0.1, 0.15) is 0 Å². The summed E-state index contributed by atoms with van der Waals surface area (Å²) in [5, 5.41) is 7.23. The summed E-state index contributed by atoms with van der Waals surface area (Å²) in [6.07, 6.45) is 5.42. The van der Waals surface area contributed by atoms with Crippen LogP contribution in [-0.4, -0.2) is 12.5 Å². The van der Waals surface area contributed by atoms with Crippen molar-refractivity contribution < 1.29 is 4.79 Å². The molecule has 0 spiro atoms. The van der Waals surface area contributed by atoms with Crippen molar-refractivity contribution in [2.45, 2.75) is 45.1 Å². The lowest BCUT2D eigenvalue weighted by Gasteiger charge is -2.21. The predicted molar refractivity (Wildman–Crippen MR) is 82.2 cm³/mol. The number of nitrogens with one attached hydrogen (secondary N) is 2. The molecule has 1 atom stereocenters. The van der Waals surface area contributed by atoms with Crippen molar-refractivity contribution in [3.05, 3.63) is 28.3 Å². The Morgan fingerprint density at radius 1 is 1.45 bits per heavy atom. The monoisotopic (exact) mass is 292 g/mol. The summed E-state index contributed by atoms with van der Waals surface area (Å²) in [5.41, 5.74) is 3.11. The molecule has 1 saturated carbocycles. The first-order valence-corrected chi connectivity index (χ1v) is 7.90. The van der Waals surface area contributed by atoms with Crippen LogP contribution in [0.4, 0.5) is 5.69 Å². The Labute approximate surface area is 125 Å². The summed E-state index contributed by atoms with van der Waals surface area (Å²) in [5.74, 6) is 0.905. The minimum atomic E-state index is 0.0634. The van der Waals surface area contributed by atoms with E-state index in [4.69, 9.17) is 11.6 Å². The number of fused-ring (bicyclic) bond motifs is 1. The van der Waals surface area contributed by atoms with Gasteiger partial charge in [-0.1, -0.05) is 37.4 Å². The molecule has 1 aliphatic carbocycles. The second-order valence-electron chi connectivity index (χ2n) is 5.94. The maximum absolute atomic E-state index is 11.5. The van der Waals surface area contributed by atoms with E-state index in [9.17, 15) is 4.79 Å². The molecule has 1 aromatic rings. The van der Waals surface area contributed by atoms with Gasteiger partial charge < -0.3 is 10.6 Å². The van der Waals surface area contributed by atoms with E-state index >= 15 is 0 Å². The molecule has 3 rings (SSSR count). The van der Waals surface area contributed by atoms with Crippen LogP contribution in [0.15, 0.2) is 12.1 Å². The fourth-order valence-electron chi connectivity index (χ4n) is 2.86. The fourth-order valence-corrected chi connectivity index (χ4v) is 3.16. The highest BCUT2D eigenvalue weighted by Crippen LogP contribution is 2.40. The summed E-state index contributed by atoms with van der Waals surface area (Å²) in [6.45, 7) is 3.18. The maximum Gasteiger partial charge on any atom is 0.228 e. The summed E-state index contributed by atoms with van der Waals surface area (Å²) in [6, 6.07) is 4.34. The lowest BCUT2D eigenvalue weighted by atomic mass is 9.97. The van der Waals surface area contributed by atoms with Crippen LogP contribution in [0.5, 0.6) is 0 Å². The van der Waals surface area contributed by atoms with Crippen LogP contribution in [0.2, 0.25) is 5.02 Å². The second-order valence-corrected chi connectivity index (χ2v) is 6.35. The van der Waals surface area contributed by atoms with E-state index in [2.05, 4.69) is 23.6 Å². The molecule has 1 fully saturated rings. The molecule has 1 aliphatic heterocycles. The van der Waals surface area contributed by atoms with Crippen LogP contribution in [0.3, 0.4) is 0 Å². The van der Waals surface area contributed by atoms with Gasteiger partial charge in [-0.3, -0.25) is 4.79 Å². The molecule has 2 aliphatic rings. The van der Waals surface area contributed by atoms with Crippen LogP contribution in [0, 0.1) is 5.92 Å². The zero-order chi connectivity index (χ0) is 14.1. The molecule has 1 unspecified atom stereocenters. The normalized spacial score (nSPS) is 18.8. The number of rotatable bonds is 6. The van der Waals surface area contributed by atoms with Gasteiger partial charge in [0, 0.05) is 16.8 Å². The smallest absolute Gasteiger partial charge is 0.228 e.